The minimum atomic E-state index is -3.12. The fourth-order valence-electron chi connectivity index (χ4n) is 3.27. The van der Waals surface area contributed by atoms with Crippen molar-refractivity contribution in [2.24, 2.45) is 0 Å². The Morgan fingerprint density at radius 3 is 2.42 bits per heavy atom. The van der Waals surface area contributed by atoms with Crippen molar-refractivity contribution < 1.29 is 22.2 Å². The van der Waals surface area contributed by atoms with Gasteiger partial charge in [-0.1, -0.05) is 6.42 Å². The topological polar surface area (TPSA) is 148 Å². The Kier molecular flexibility index (Phi) is 11.8. The van der Waals surface area contributed by atoms with Gasteiger partial charge in [0.05, 0.1) is 34.8 Å². The van der Waals surface area contributed by atoms with Crippen molar-refractivity contribution in [2.45, 2.75) is 51.2 Å². The van der Waals surface area contributed by atoms with Gasteiger partial charge in [-0.15, -0.1) is 11.3 Å². The summed E-state index contributed by atoms with van der Waals surface area (Å²) in [5.41, 5.74) is 1.24. The van der Waals surface area contributed by atoms with Crippen molar-refractivity contribution in [1.82, 2.24) is 30.6 Å². The molecule has 1 amide bonds. The van der Waals surface area contributed by atoms with Gasteiger partial charge in [-0.05, 0) is 64.8 Å². The lowest BCUT2D eigenvalue weighted by molar-refractivity contribution is 0.0955. The van der Waals surface area contributed by atoms with Crippen LogP contribution >= 0.6 is 11.3 Å². The Balaban J connectivity index is 0.000000632. The van der Waals surface area contributed by atoms with Crippen LogP contribution in [0.3, 0.4) is 0 Å². The highest BCUT2D eigenvalue weighted by molar-refractivity contribution is 7.93. The number of anilines is 1. The number of rotatable bonds is 8. The first-order valence-corrected chi connectivity index (χ1v) is 15.1. The molecule has 13 heteroatoms. The molecule has 3 N–H and O–H groups in total. The Bertz CT molecular complexity index is 1240. The van der Waals surface area contributed by atoms with Gasteiger partial charge in [-0.2, -0.15) is 0 Å². The van der Waals surface area contributed by atoms with Gasteiger partial charge in [-0.25, -0.2) is 18.4 Å². The summed E-state index contributed by atoms with van der Waals surface area (Å²) in [6.07, 6.45) is 13.7. The van der Waals surface area contributed by atoms with Gasteiger partial charge in [0.15, 0.2) is 5.01 Å². The van der Waals surface area contributed by atoms with E-state index in [-0.39, 0.29) is 15.4 Å². The molecule has 1 saturated carbocycles. The molecule has 3 aromatic heterocycles. The van der Waals surface area contributed by atoms with Crippen LogP contribution in [0, 0.1) is 0 Å². The molecule has 1 aliphatic heterocycles. The molecule has 2 fully saturated rings. The predicted molar refractivity (Wildman–Crippen MR) is 155 cm³/mol. The van der Waals surface area contributed by atoms with E-state index in [2.05, 4.69) is 35.3 Å². The first-order chi connectivity index (χ1) is 18.4. The zero-order chi connectivity index (χ0) is 27.2. The third kappa shape index (κ3) is 9.95. The van der Waals surface area contributed by atoms with E-state index in [9.17, 15) is 13.2 Å². The highest BCUT2D eigenvalue weighted by atomic mass is 32.2. The molecule has 11 nitrogen and oxygen atoms in total. The molecule has 0 unspecified atom stereocenters. The van der Waals surface area contributed by atoms with E-state index in [1.54, 1.807) is 43.1 Å². The fourth-order valence-corrected chi connectivity index (χ4v) is 5.44. The largest absolute Gasteiger partial charge is 0.477 e. The summed E-state index contributed by atoms with van der Waals surface area (Å²) in [6.45, 7) is 7.36. The molecule has 0 spiro atoms. The van der Waals surface area contributed by atoms with Crippen molar-refractivity contribution in [2.75, 3.05) is 31.0 Å². The van der Waals surface area contributed by atoms with E-state index in [1.165, 1.54) is 43.7 Å². The zero-order valence-corrected chi connectivity index (χ0v) is 23.4. The number of aromatic nitrogens is 4. The highest BCUT2D eigenvalue weighted by Gasteiger charge is 2.35. The number of ether oxygens (including phenoxy) is 1. The molecule has 212 valence electrons. The SMILES string of the molecule is C1CCNCC1.CCNC(=O)c1ncc(-c2cncc(OCC)n2)s1.O=S(=O)(Nc1ccncc1)C1CC1.[HH].[HH].[HH]. The quantitative estimate of drug-likeness (QED) is 0.363. The standard InChI is InChI=1S/C12H14N4O2S.C8H10N2O2S.C5H11N.3H2/c1-3-14-11(17)12-15-6-9(19-12)8-5-13-7-10(16-8)18-4-2;11-13(12,8-1-2-8)10-7-3-5-9-6-4-7;1-2-4-6-5-3-1;;;/h5-7H,3-4H2,1-2H3,(H,14,17);3-6,8H,1-2H2,(H,9,10);6H,1-5H2;3*1H. The van der Waals surface area contributed by atoms with Crippen LogP contribution in [-0.4, -0.2) is 65.8 Å². The predicted octanol–water partition coefficient (Wildman–Crippen LogP) is 4.23. The lowest BCUT2D eigenvalue weighted by atomic mass is 10.2. The second kappa shape index (κ2) is 15.3. The van der Waals surface area contributed by atoms with Gasteiger partial charge in [0, 0.05) is 29.4 Å². The molecule has 5 rings (SSSR count). The van der Waals surface area contributed by atoms with Crippen molar-refractivity contribution in [3.63, 3.8) is 0 Å². The van der Waals surface area contributed by atoms with Gasteiger partial charge < -0.3 is 15.4 Å². The second-order valence-corrected chi connectivity index (χ2v) is 11.4. The Labute approximate surface area is 232 Å². The van der Waals surface area contributed by atoms with E-state index in [0.717, 1.165) is 17.7 Å². The Hall–Kier alpha value is -3.16. The van der Waals surface area contributed by atoms with E-state index < -0.39 is 10.0 Å². The summed E-state index contributed by atoms with van der Waals surface area (Å²) in [6, 6.07) is 3.28. The van der Waals surface area contributed by atoms with Gasteiger partial charge in [-0.3, -0.25) is 19.5 Å². The third-order valence-corrected chi connectivity index (χ3v) is 8.19. The molecule has 1 aliphatic carbocycles. The smallest absolute Gasteiger partial charge is 0.280 e. The Morgan fingerprint density at radius 2 is 1.84 bits per heavy atom. The minimum absolute atomic E-state index is 0. The number of carbonyl (C=O) groups excluding carboxylic acids is 1. The van der Waals surface area contributed by atoms with Crippen LogP contribution in [-0.2, 0) is 10.0 Å². The van der Waals surface area contributed by atoms with E-state index in [1.807, 2.05) is 13.8 Å². The molecule has 3 aromatic rings. The average Bonchev–Trinajstić information content (AvgIpc) is 3.69. The van der Waals surface area contributed by atoms with Crippen LogP contribution in [0.2, 0.25) is 0 Å². The fraction of sp³-hybridized carbons (Fsp3) is 0.480. The molecule has 38 heavy (non-hydrogen) atoms. The molecular formula is C25H41N7O4S2. The first kappa shape index (κ1) is 29.4. The van der Waals surface area contributed by atoms with Crippen molar-refractivity contribution in [3.8, 4) is 16.5 Å². The normalized spacial score (nSPS) is 14.7. The van der Waals surface area contributed by atoms with Crippen LogP contribution in [0.4, 0.5) is 5.69 Å². The van der Waals surface area contributed by atoms with Crippen molar-refractivity contribution in [1.29, 1.82) is 0 Å². The maximum atomic E-state index is 11.6. The van der Waals surface area contributed by atoms with Crippen molar-refractivity contribution in [3.05, 3.63) is 48.1 Å². The molecule has 0 aromatic carbocycles. The lowest BCUT2D eigenvalue weighted by Gasteiger charge is -2.08. The van der Waals surface area contributed by atoms with E-state index >= 15 is 0 Å². The van der Waals surface area contributed by atoms with Crippen LogP contribution < -0.4 is 20.1 Å². The molecule has 0 radical (unpaired) electrons. The van der Waals surface area contributed by atoms with Gasteiger partial charge >= 0.3 is 0 Å². The number of carbonyl (C=O) groups is 1. The van der Waals surface area contributed by atoms with Crippen molar-refractivity contribution >= 4 is 33.0 Å². The summed E-state index contributed by atoms with van der Waals surface area (Å²) in [7, 11) is -3.12. The zero-order valence-electron chi connectivity index (χ0n) is 21.7. The number of nitrogens with one attached hydrogen (secondary N) is 3. The maximum Gasteiger partial charge on any atom is 0.280 e. The number of piperidine rings is 1. The second-order valence-electron chi connectivity index (χ2n) is 8.46. The van der Waals surface area contributed by atoms with E-state index in [0.29, 0.717) is 35.4 Å². The number of nitrogens with zero attached hydrogens (tertiary/aromatic N) is 4. The minimum Gasteiger partial charge on any atom is -0.477 e. The number of amides is 1. The summed E-state index contributed by atoms with van der Waals surface area (Å²) < 4.78 is 30.7. The first-order valence-electron chi connectivity index (χ1n) is 12.7. The van der Waals surface area contributed by atoms with E-state index in [4.69, 9.17) is 4.74 Å². The molecule has 0 bridgehead atoms. The van der Waals surface area contributed by atoms with Crippen LogP contribution in [0.5, 0.6) is 5.88 Å². The number of sulfonamides is 1. The molecule has 4 heterocycles. The number of hydrogen-bond acceptors (Lipinski definition) is 10. The third-order valence-electron chi connectivity index (χ3n) is 5.31. The van der Waals surface area contributed by atoms with Crippen LogP contribution in [0.1, 0.15) is 60.0 Å². The lowest BCUT2D eigenvalue weighted by Crippen LogP contribution is -2.22. The van der Waals surface area contributed by atoms with Gasteiger partial charge in [0.25, 0.3) is 5.91 Å². The summed E-state index contributed by atoms with van der Waals surface area (Å²) in [5, 5.41) is 6.23. The maximum absolute atomic E-state index is 11.6. The number of pyridine rings is 1. The molecule has 2 aliphatic rings. The summed E-state index contributed by atoms with van der Waals surface area (Å²) in [4.78, 5) is 28.7. The number of thiazole rings is 1. The molecule has 0 atom stereocenters. The average molecular weight is 568 g/mol. The Morgan fingerprint density at radius 1 is 1.11 bits per heavy atom. The van der Waals surface area contributed by atoms with Crippen LogP contribution in [0.15, 0.2) is 43.1 Å². The summed E-state index contributed by atoms with van der Waals surface area (Å²) >= 11 is 1.28. The molecular weight excluding hydrogens is 526 g/mol. The van der Waals surface area contributed by atoms with Gasteiger partial charge in [0.2, 0.25) is 15.9 Å². The molecule has 1 saturated heterocycles. The monoisotopic (exact) mass is 567 g/mol. The highest BCUT2D eigenvalue weighted by Crippen LogP contribution is 2.29. The van der Waals surface area contributed by atoms with Gasteiger partial charge in [0.1, 0.15) is 5.69 Å². The number of hydrogen-bond donors (Lipinski definition) is 3. The summed E-state index contributed by atoms with van der Waals surface area (Å²) in [5.74, 6) is 0.292. The van der Waals surface area contributed by atoms with Crippen LogP contribution in [0.25, 0.3) is 10.6 Å².